The van der Waals surface area contributed by atoms with E-state index >= 15 is 0 Å². The lowest BCUT2D eigenvalue weighted by Gasteiger charge is -2.21. The van der Waals surface area contributed by atoms with Crippen LogP contribution in [-0.4, -0.2) is 99.3 Å². The summed E-state index contributed by atoms with van der Waals surface area (Å²) in [6, 6.07) is 0. The number of unbranched alkanes of at least 4 members (excludes halogenated alkanes) is 13. The van der Waals surface area contributed by atoms with Crippen molar-refractivity contribution >= 4 is 19.8 Å². The molecule has 0 aromatic heterocycles. The van der Waals surface area contributed by atoms with Gasteiger partial charge in [0.1, 0.15) is 12.7 Å². The number of aliphatic hydroxyl groups excluding tert-OH is 5. The average Bonchev–Trinajstić information content (AvgIpc) is 3.47. The maximum absolute atomic E-state index is 12.7. The Morgan fingerprint density at radius 2 is 1.31 bits per heavy atom. The molecule has 0 aromatic rings. The summed E-state index contributed by atoms with van der Waals surface area (Å²) in [5.41, 5.74) is 0. The number of aliphatic hydroxyl groups is 5. The van der Waals surface area contributed by atoms with E-state index in [2.05, 4.69) is 42.7 Å². The summed E-state index contributed by atoms with van der Waals surface area (Å²) < 4.78 is 32.7. The monoisotopic (exact) mass is 847 g/mol. The number of carbonyl (C=O) groups excluding carboxylic acids is 2. The van der Waals surface area contributed by atoms with Crippen molar-refractivity contribution in [1.82, 2.24) is 0 Å². The zero-order chi connectivity index (χ0) is 42.9. The molecule has 1 aliphatic rings. The van der Waals surface area contributed by atoms with E-state index in [1.54, 1.807) is 6.08 Å². The van der Waals surface area contributed by atoms with Gasteiger partial charge in [0.15, 0.2) is 6.10 Å². The van der Waals surface area contributed by atoms with Gasteiger partial charge < -0.3 is 39.9 Å². The molecule has 8 atom stereocenters. The van der Waals surface area contributed by atoms with E-state index in [0.717, 1.165) is 77.0 Å². The highest BCUT2D eigenvalue weighted by Gasteiger charge is 2.39. The number of phosphoric acid groups is 1. The first-order valence-corrected chi connectivity index (χ1v) is 23.7. The van der Waals surface area contributed by atoms with Crippen LogP contribution in [-0.2, 0) is 32.7 Å². The van der Waals surface area contributed by atoms with E-state index in [-0.39, 0.29) is 31.3 Å². The molecule has 338 valence electrons. The van der Waals surface area contributed by atoms with Crippen molar-refractivity contribution in [3.8, 4) is 0 Å². The van der Waals surface area contributed by atoms with Crippen molar-refractivity contribution in [2.45, 2.75) is 192 Å². The molecule has 1 rings (SSSR count). The first-order chi connectivity index (χ1) is 27.9. The molecule has 0 bridgehead atoms. The van der Waals surface area contributed by atoms with Gasteiger partial charge >= 0.3 is 19.8 Å². The van der Waals surface area contributed by atoms with Crippen LogP contribution in [0, 0.1) is 11.8 Å². The molecule has 0 heterocycles. The number of hydrogen-bond donors (Lipinski definition) is 6. The molecule has 14 heteroatoms. The van der Waals surface area contributed by atoms with Crippen molar-refractivity contribution in [1.29, 1.82) is 0 Å². The standard InChI is InChI=1S/C44H79O13P/c1-3-5-7-8-9-10-11-12-13-14-15-16-17-18-23-27-43(50)54-34-38(35-56-58(52,53)55-33-37(47)32-45)57-44(51)28-24-20-19-22-26-39-40(42(49)31-41(39)48)30-29-36(46)25-21-6-4-2/h9-10,12-13,29-30,36-42,45-49H,3-8,11,14-28,31-35H2,1-2H3,(H,52,53)/b10-9-,13-12-,30-29+/t36-,37-,38+,39+,40+,41-,42+/m0/s1. The SMILES string of the molecule is CCCCC/C=C\C/C=C\CCCCCCCC(=O)OC[C@H](COP(=O)(O)OC[C@@H](O)CO)OC(=O)CCCCCC[C@@H]1[C@@H](/C=C/[C@@H](O)CCCCC)[C@H](O)C[C@@H]1O. The fourth-order valence-corrected chi connectivity index (χ4v) is 7.67. The number of hydrogen-bond acceptors (Lipinski definition) is 12. The molecule has 1 fully saturated rings. The lowest BCUT2D eigenvalue weighted by atomic mass is 9.88. The van der Waals surface area contributed by atoms with E-state index < -0.39 is 70.1 Å². The van der Waals surface area contributed by atoms with E-state index in [1.165, 1.54) is 19.3 Å². The molecule has 0 amide bonds. The fraction of sp³-hybridized carbons (Fsp3) is 0.818. The molecule has 0 aliphatic heterocycles. The summed E-state index contributed by atoms with van der Waals surface area (Å²) in [5, 5.41) is 49.7. The predicted octanol–water partition coefficient (Wildman–Crippen LogP) is 7.94. The van der Waals surface area contributed by atoms with Gasteiger partial charge in [0, 0.05) is 25.2 Å². The average molecular weight is 847 g/mol. The van der Waals surface area contributed by atoms with E-state index in [9.17, 15) is 39.5 Å². The second kappa shape index (κ2) is 34.7. The zero-order valence-electron chi connectivity index (χ0n) is 35.6. The van der Waals surface area contributed by atoms with Gasteiger partial charge in [-0.3, -0.25) is 18.6 Å². The molecule has 1 aliphatic carbocycles. The van der Waals surface area contributed by atoms with Gasteiger partial charge in [-0.2, -0.15) is 0 Å². The predicted molar refractivity (Wildman–Crippen MR) is 226 cm³/mol. The maximum atomic E-state index is 12.7. The van der Waals surface area contributed by atoms with E-state index in [4.69, 9.17) is 19.1 Å². The molecule has 1 unspecified atom stereocenters. The summed E-state index contributed by atoms with van der Waals surface area (Å²) in [4.78, 5) is 35.2. The highest BCUT2D eigenvalue weighted by Crippen LogP contribution is 2.43. The van der Waals surface area contributed by atoms with Crippen LogP contribution in [0.5, 0.6) is 0 Å². The number of rotatable bonds is 37. The number of allylic oxidation sites excluding steroid dienone is 4. The zero-order valence-corrected chi connectivity index (χ0v) is 36.5. The lowest BCUT2D eigenvalue weighted by molar-refractivity contribution is -0.161. The summed E-state index contributed by atoms with van der Waals surface area (Å²) in [5.74, 6) is -1.42. The molecule has 6 N–H and O–H groups in total. The third-order valence-electron chi connectivity index (χ3n) is 10.4. The third kappa shape index (κ3) is 28.5. The van der Waals surface area contributed by atoms with Crippen LogP contribution in [0.25, 0.3) is 0 Å². The Kier molecular flexibility index (Phi) is 32.4. The summed E-state index contributed by atoms with van der Waals surface area (Å²) in [6.07, 6.45) is 27.4. The van der Waals surface area contributed by atoms with Gasteiger partial charge in [0.25, 0.3) is 0 Å². The van der Waals surface area contributed by atoms with Gasteiger partial charge in [-0.25, -0.2) is 4.57 Å². The Morgan fingerprint density at radius 3 is 1.98 bits per heavy atom. The summed E-state index contributed by atoms with van der Waals surface area (Å²) in [7, 11) is -4.68. The fourth-order valence-electron chi connectivity index (χ4n) is 6.88. The highest BCUT2D eigenvalue weighted by molar-refractivity contribution is 7.47. The smallest absolute Gasteiger partial charge is 0.462 e. The van der Waals surface area contributed by atoms with Gasteiger partial charge in [0.05, 0.1) is 38.1 Å². The minimum absolute atomic E-state index is 0.0540. The molecule has 0 saturated heterocycles. The van der Waals surface area contributed by atoms with Crippen molar-refractivity contribution in [3.63, 3.8) is 0 Å². The Hall–Kier alpha value is -1.93. The molecule has 0 radical (unpaired) electrons. The van der Waals surface area contributed by atoms with Gasteiger partial charge in [-0.05, 0) is 63.7 Å². The third-order valence-corrected chi connectivity index (χ3v) is 11.3. The molecule has 1 saturated carbocycles. The molecule has 0 spiro atoms. The Morgan fingerprint density at radius 1 is 0.724 bits per heavy atom. The van der Waals surface area contributed by atoms with Crippen LogP contribution < -0.4 is 0 Å². The quantitative estimate of drug-likeness (QED) is 0.0152. The number of carbonyl (C=O) groups is 2. The normalized spacial score (nSPS) is 21.2. The Bertz CT molecular complexity index is 1180. The van der Waals surface area contributed by atoms with E-state index in [0.29, 0.717) is 38.5 Å². The largest absolute Gasteiger partial charge is 0.472 e. The second-order valence-corrected chi connectivity index (χ2v) is 17.1. The van der Waals surface area contributed by atoms with Crippen LogP contribution in [0.2, 0.25) is 0 Å². The van der Waals surface area contributed by atoms with Gasteiger partial charge in [0.2, 0.25) is 0 Å². The van der Waals surface area contributed by atoms with Crippen LogP contribution in [0.15, 0.2) is 36.5 Å². The van der Waals surface area contributed by atoms with Crippen molar-refractivity contribution < 1.29 is 63.1 Å². The van der Waals surface area contributed by atoms with Crippen LogP contribution in [0.4, 0.5) is 0 Å². The van der Waals surface area contributed by atoms with Crippen molar-refractivity contribution in [2.24, 2.45) is 11.8 Å². The van der Waals surface area contributed by atoms with E-state index in [1.807, 2.05) is 6.08 Å². The number of ether oxygens (including phenoxy) is 2. The molecular weight excluding hydrogens is 767 g/mol. The molecule has 58 heavy (non-hydrogen) atoms. The molecule has 0 aromatic carbocycles. The van der Waals surface area contributed by atoms with Gasteiger partial charge in [-0.1, -0.05) is 121 Å². The molecule has 13 nitrogen and oxygen atoms in total. The topological polar surface area (TPSA) is 210 Å². The van der Waals surface area contributed by atoms with Crippen LogP contribution >= 0.6 is 7.82 Å². The summed E-state index contributed by atoms with van der Waals surface area (Å²) in [6.45, 7) is 1.99. The van der Waals surface area contributed by atoms with Gasteiger partial charge in [-0.15, -0.1) is 0 Å². The van der Waals surface area contributed by atoms with Crippen molar-refractivity contribution in [3.05, 3.63) is 36.5 Å². The second-order valence-electron chi connectivity index (χ2n) is 15.7. The minimum atomic E-state index is -4.68. The first-order valence-electron chi connectivity index (χ1n) is 22.2. The number of esters is 2. The van der Waals surface area contributed by atoms with Crippen LogP contribution in [0.3, 0.4) is 0 Å². The summed E-state index contributed by atoms with van der Waals surface area (Å²) >= 11 is 0. The minimum Gasteiger partial charge on any atom is -0.462 e. The number of phosphoric ester groups is 1. The van der Waals surface area contributed by atoms with Crippen molar-refractivity contribution in [2.75, 3.05) is 26.4 Å². The maximum Gasteiger partial charge on any atom is 0.472 e. The Balaban J connectivity index is 2.46. The lowest BCUT2D eigenvalue weighted by Crippen LogP contribution is -2.29. The first kappa shape index (κ1) is 54.1. The molecular formula is C44H79O13P. The highest BCUT2D eigenvalue weighted by atomic mass is 31.2. The van der Waals surface area contributed by atoms with Crippen LogP contribution in [0.1, 0.15) is 162 Å². The Labute approximate surface area is 348 Å².